The van der Waals surface area contributed by atoms with E-state index in [-0.39, 0.29) is 35.3 Å². The number of aryl methyl sites for hydroxylation is 1. The Kier molecular flexibility index (Phi) is 4.49. The van der Waals surface area contributed by atoms with Crippen LogP contribution in [-0.4, -0.2) is 37.5 Å². The molecule has 3 aliphatic rings. The fourth-order valence-corrected chi connectivity index (χ4v) is 6.81. The highest BCUT2D eigenvalue weighted by atomic mass is 35.5. The summed E-state index contributed by atoms with van der Waals surface area (Å²) >= 11 is 6.07. The summed E-state index contributed by atoms with van der Waals surface area (Å²) in [5.74, 6) is 0.0663. The van der Waals surface area contributed by atoms with Crippen LogP contribution in [0.3, 0.4) is 0 Å². The second-order valence-electron chi connectivity index (χ2n) is 10.8. The molecule has 0 bridgehead atoms. The molecule has 4 heterocycles. The third-order valence-electron chi connectivity index (χ3n) is 8.31. The molecule has 8 nitrogen and oxygen atoms in total. The molecule has 0 amide bonds. The van der Waals surface area contributed by atoms with Gasteiger partial charge in [0.2, 0.25) is 0 Å². The molecule has 1 saturated heterocycles. The number of hydrogen-bond donors (Lipinski definition) is 2. The molecule has 0 spiro atoms. The Hall–Kier alpha value is -3.01. The van der Waals surface area contributed by atoms with E-state index in [0.717, 1.165) is 23.9 Å². The first-order valence-corrected chi connectivity index (χ1v) is 12.5. The van der Waals surface area contributed by atoms with Crippen LogP contribution >= 0.6 is 11.6 Å². The number of aromatic nitrogens is 4. The molecule has 10 heteroatoms. The van der Waals surface area contributed by atoms with Gasteiger partial charge in [0.05, 0.1) is 28.1 Å². The molecule has 3 fully saturated rings. The average Bonchev–Trinajstić information content (AvgIpc) is 3.08. The minimum atomic E-state index is -0.694. The predicted molar refractivity (Wildman–Crippen MR) is 135 cm³/mol. The Morgan fingerprint density at radius 2 is 2.00 bits per heavy atom. The maximum Gasteiger partial charge on any atom is 0.163 e. The minimum absolute atomic E-state index is 0.0497. The van der Waals surface area contributed by atoms with E-state index in [0.29, 0.717) is 39.6 Å². The summed E-state index contributed by atoms with van der Waals surface area (Å²) in [4.78, 5) is 13.0. The Morgan fingerprint density at radius 1 is 1.17 bits per heavy atom. The summed E-state index contributed by atoms with van der Waals surface area (Å²) < 4.78 is 30.2. The van der Waals surface area contributed by atoms with Crippen molar-refractivity contribution in [1.82, 2.24) is 19.5 Å². The first-order valence-electron chi connectivity index (χ1n) is 12.1. The Bertz CT molecular complexity index is 1560. The number of pyridine rings is 1. The lowest BCUT2D eigenvalue weighted by atomic mass is 9.91. The lowest BCUT2D eigenvalue weighted by molar-refractivity contribution is -0.161. The van der Waals surface area contributed by atoms with Gasteiger partial charge in [0.1, 0.15) is 35.5 Å². The van der Waals surface area contributed by atoms with E-state index in [1.165, 1.54) is 12.4 Å². The normalized spacial score (nSPS) is 30.1. The third-order valence-corrected chi connectivity index (χ3v) is 8.61. The van der Waals surface area contributed by atoms with Crippen molar-refractivity contribution in [2.24, 2.45) is 11.3 Å². The average molecular weight is 509 g/mol. The van der Waals surface area contributed by atoms with Crippen LogP contribution in [0.1, 0.15) is 38.3 Å². The van der Waals surface area contributed by atoms with Gasteiger partial charge in [0.25, 0.3) is 0 Å². The molecule has 1 aliphatic heterocycles. The molecule has 4 N–H and O–H groups in total. The largest absolute Gasteiger partial charge is 0.383 e. The van der Waals surface area contributed by atoms with Gasteiger partial charge in [-0.3, -0.25) is 0 Å². The Labute approximate surface area is 211 Å². The van der Waals surface area contributed by atoms with Crippen molar-refractivity contribution in [3.8, 4) is 0 Å². The zero-order valence-electron chi connectivity index (χ0n) is 19.9. The lowest BCUT2D eigenvalue weighted by Gasteiger charge is -2.24. The fourth-order valence-electron chi connectivity index (χ4n) is 6.65. The van der Waals surface area contributed by atoms with Crippen molar-refractivity contribution in [1.29, 1.82) is 0 Å². The van der Waals surface area contributed by atoms with E-state index in [9.17, 15) is 0 Å². The van der Waals surface area contributed by atoms with Crippen LogP contribution in [0.15, 0.2) is 36.8 Å². The Balaban J connectivity index is 1.23. The van der Waals surface area contributed by atoms with Gasteiger partial charge in [0.15, 0.2) is 5.79 Å². The summed E-state index contributed by atoms with van der Waals surface area (Å²) in [7, 11) is 0. The van der Waals surface area contributed by atoms with Crippen LogP contribution in [0.4, 0.5) is 16.0 Å². The summed E-state index contributed by atoms with van der Waals surface area (Å²) in [5.41, 5.74) is 13.9. The molecule has 0 unspecified atom stereocenters. The van der Waals surface area contributed by atoms with Crippen LogP contribution in [-0.2, 0) is 15.9 Å². The highest BCUT2D eigenvalue weighted by Gasteiger charge is 2.75. The minimum Gasteiger partial charge on any atom is -0.383 e. The monoisotopic (exact) mass is 508 g/mol. The summed E-state index contributed by atoms with van der Waals surface area (Å²) in [6.45, 7) is 3.90. The van der Waals surface area contributed by atoms with Crippen molar-refractivity contribution >= 4 is 45.2 Å². The molecular formula is C26H26ClFN6O2. The van der Waals surface area contributed by atoms with Gasteiger partial charge in [-0.05, 0) is 68.9 Å². The van der Waals surface area contributed by atoms with Crippen LogP contribution in [0.25, 0.3) is 21.9 Å². The number of hydrogen-bond acceptors (Lipinski definition) is 7. The number of rotatable bonds is 4. The van der Waals surface area contributed by atoms with E-state index < -0.39 is 5.79 Å². The molecule has 186 valence electrons. The van der Waals surface area contributed by atoms with E-state index >= 15 is 4.39 Å². The second-order valence-corrected chi connectivity index (χ2v) is 11.2. The lowest BCUT2D eigenvalue weighted by Crippen LogP contribution is -2.32. The van der Waals surface area contributed by atoms with Crippen molar-refractivity contribution in [2.45, 2.75) is 57.1 Å². The number of ether oxygens (including phenoxy) is 2. The zero-order chi connectivity index (χ0) is 25.0. The topological polar surface area (TPSA) is 114 Å². The molecule has 2 aliphatic carbocycles. The smallest absolute Gasteiger partial charge is 0.163 e. The van der Waals surface area contributed by atoms with Crippen LogP contribution in [0.2, 0.25) is 5.02 Å². The van der Waals surface area contributed by atoms with Gasteiger partial charge in [-0.1, -0.05) is 11.6 Å². The predicted octanol–water partition coefficient (Wildman–Crippen LogP) is 4.65. The molecule has 2 saturated carbocycles. The number of nitrogens with two attached hydrogens (primary N) is 2. The van der Waals surface area contributed by atoms with E-state index in [1.807, 2.05) is 26.1 Å². The SMILES string of the molecule is CC1(C)O[C@H]2[C@H](n3ccc4c(N)ncnc43)[C@H]3C[C@@]3(CCc3cc4nc(N)c(Cl)cc4cc3F)[C@H]2O1. The van der Waals surface area contributed by atoms with Crippen LogP contribution in [0, 0.1) is 17.2 Å². The van der Waals surface area contributed by atoms with Gasteiger partial charge < -0.3 is 25.5 Å². The summed E-state index contributed by atoms with van der Waals surface area (Å²) in [6, 6.07) is 6.92. The quantitative estimate of drug-likeness (QED) is 0.412. The second kappa shape index (κ2) is 7.27. The number of anilines is 2. The van der Waals surface area contributed by atoms with Gasteiger partial charge in [0, 0.05) is 17.0 Å². The summed E-state index contributed by atoms with van der Waals surface area (Å²) in [6.07, 6.45) is 5.61. The molecule has 1 aromatic carbocycles. The van der Waals surface area contributed by atoms with Gasteiger partial charge >= 0.3 is 0 Å². The number of nitrogens with zero attached hydrogens (tertiary/aromatic N) is 4. The molecule has 5 atom stereocenters. The zero-order valence-corrected chi connectivity index (χ0v) is 20.7. The van der Waals surface area contributed by atoms with Crippen LogP contribution in [0.5, 0.6) is 0 Å². The Morgan fingerprint density at radius 3 is 2.83 bits per heavy atom. The molecule has 0 radical (unpaired) electrons. The molecule has 4 aromatic rings. The highest BCUT2D eigenvalue weighted by Crippen LogP contribution is 2.73. The van der Waals surface area contributed by atoms with Crippen molar-refractivity contribution in [3.63, 3.8) is 0 Å². The van der Waals surface area contributed by atoms with Crippen molar-refractivity contribution in [2.75, 3.05) is 11.5 Å². The third kappa shape index (κ3) is 3.09. The first-order chi connectivity index (χ1) is 17.2. The number of halogens is 2. The maximum absolute atomic E-state index is 15.1. The van der Waals surface area contributed by atoms with Gasteiger partial charge in [-0.25, -0.2) is 19.3 Å². The van der Waals surface area contributed by atoms with E-state index in [1.54, 1.807) is 12.1 Å². The molecular weight excluding hydrogens is 483 g/mol. The fraction of sp³-hybridized carbons (Fsp3) is 0.423. The van der Waals surface area contributed by atoms with Crippen molar-refractivity contribution in [3.05, 3.63) is 53.2 Å². The summed E-state index contributed by atoms with van der Waals surface area (Å²) in [5, 5.41) is 1.78. The highest BCUT2D eigenvalue weighted by molar-refractivity contribution is 6.33. The van der Waals surface area contributed by atoms with Gasteiger partial charge in [-0.2, -0.15) is 0 Å². The van der Waals surface area contributed by atoms with Crippen LogP contribution < -0.4 is 11.5 Å². The number of benzene rings is 1. The first kappa shape index (κ1) is 22.2. The molecule has 3 aromatic heterocycles. The molecule has 7 rings (SSSR count). The maximum atomic E-state index is 15.1. The van der Waals surface area contributed by atoms with E-state index in [2.05, 4.69) is 19.5 Å². The number of fused-ring (bicyclic) bond motifs is 5. The molecule has 36 heavy (non-hydrogen) atoms. The van der Waals surface area contributed by atoms with E-state index in [4.69, 9.17) is 32.5 Å². The van der Waals surface area contributed by atoms with Gasteiger partial charge in [-0.15, -0.1) is 0 Å². The standard InChI is InChI=1S/C26H26ClFN6O2/c1-25(2)35-20-19(34-6-4-14-22(29)31-11-32-24(14)34)15-10-26(15,21(20)36-25)5-3-12-9-18-13(8-17(12)28)7-16(27)23(30)33-18/h4,6-9,11,15,19-21H,3,5,10H2,1-2H3,(H2,30,33)(H2,29,31,32)/t15-,19-,20+,21+,26-/m1/s1. The number of nitrogen functional groups attached to an aromatic ring is 2. The van der Waals surface area contributed by atoms with Crippen molar-refractivity contribution < 1.29 is 13.9 Å².